The van der Waals surface area contributed by atoms with Gasteiger partial charge in [0.05, 0.1) is 16.2 Å². The van der Waals surface area contributed by atoms with Crippen LogP contribution in [0.5, 0.6) is 0 Å². The van der Waals surface area contributed by atoms with E-state index in [0.717, 1.165) is 18.4 Å². The largest absolute Gasteiger partial charge is 0.478 e. The average molecular weight is 375 g/mol. The molecule has 138 valence electrons. The Morgan fingerprint density at radius 1 is 1.15 bits per heavy atom. The summed E-state index contributed by atoms with van der Waals surface area (Å²) in [5.41, 5.74) is 1.52. The Morgan fingerprint density at radius 3 is 2.38 bits per heavy atom. The van der Waals surface area contributed by atoms with Crippen LogP contribution in [0.15, 0.2) is 35.4 Å². The molecule has 1 aliphatic rings. The van der Waals surface area contributed by atoms with E-state index in [1.54, 1.807) is 31.2 Å². The quantitative estimate of drug-likeness (QED) is 0.829. The normalized spacial score (nSPS) is 15.3. The molecule has 0 spiro atoms. The van der Waals surface area contributed by atoms with Crippen molar-refractivity contribution >= 4 is 16.0 Å². The lowest BCUT2D eigenvalue weighted by Gasteiger charge is -2.15. The van der Waals surface area contributed by atoms with Crippen molar-refractivity contribution in [3.05, 3.63) is 53.1 Å². The molecule has 1 saturated heterocycles. The van der Waals surface area contributed by atoms with Crippen LogP contribution in [0.4, 0.5) is 0 Å². The smallest absolute Gasteiger partial charge is 0.339 e. The number of hydrogen-bond acceptors (Lipinski definition) is 5. The van der Waals surface area contributed by atoms with Gasteiger partial charge in [0, 0.05) is 25.7 Å². The van der Waals surface area contributed by atoms with Crippen LogP contribution in [0.2, 0.25) is 0 Å². The summed E-state index contributed by atoms with van der Waals surface area (Å²) in [5, 5.41) is 9.00. The second-order valence-electron chi connectivity index (χ2n) is 6.35. The Balaban J connectivity index is 1.66. The van der Waals surface area contributed by atoms with Gasteiger partial charge in [0.1, 0.15) is 5.82 Å². The number of carboxylic acid groups (broad SMARTS) is 1. The molecular formula is C18H21N3O4S. The highest BCUT2D eigenvalue weighted by Crippen LogP contribution is 2.21. The Labute approximate surface area is 152 Å². The monoisotopic (exact) mass is 375 g/mol. The van der Waals surface area contributed by atoms with Gasteiger partial charge in [-0.15, -0.1) is 0 Å². The summed E-state index contributed by atoms with van der Waals surface area (Å²) < 4.78 is 26.5. The summed E-state index contributed by atoms with van der Waals surface area (Å²) in [7, 11) is -3.39. The minimum Gasteiger partial charge on any atom is -0.478 e. The van der Waals surface area contributed by atoms with Crippen molar-refractivity contribution in [2.45, 2.75) is 37.5 Å². The van der Waals surface area contributed by atoms with Crippen molar-refractivity contribution in [3.63, 3.8) is 0 Å². The minimum absolute atomic E-state index is 0.102. The standard InChI is InChI=1S/C18H21N3O4S/c1-13-16(18(22)23)12-19-17(20-13)9-6-14-4-7-15(8-5-14)26(24,25)21-10-2-3-11-21/h4-5,7-8,12H,2-3,6,9-11H2,1H3,(H,22,23). The number of benzene rings is 1. The molecule has 1 fully saturated rings. The van der Waals surface area contributed by atoms with Crippen LogP contribution in [0, 0.1) is 6.92 Å². The molecule has 3 rings (SSSR count). The summed E-state index contributed by atoms with van der Waals surface area (Å²) in [5.74, 6) is -0.467. The van der Waals surface area contributed by atoms with Crippen LogP contribution in [0.1, 0.15) is 40.3 Å². The van der Waals surface area contributed by atoms with Crippen LogP contribution in [0.25, 0.3) is 0 Å². The Morgan fingerprint density at radius 2 is 1.81 bits per heavy atom. The second-order valence-corrected chi connectivity index (χ2v) is 8.28. The molecule has 2 heterocycles. The molecule has 0 saturated carbocycles. The number of aromatic carboxylic acids is 1. The first-order chi connectivity index (χ1) is 12.4. The fourth-order valence-electron chi connectivity index (χ4n) is 3.01. The lowest BCUT2D eigenvalue weighted by atomic mass is 10.1. The molecule has 0 bridgehead atoms. The van der Waals surface area contributed by atoms with Crippen molar-refractivity contribution in [3.8, 4) is 0 Å². The number of aromatic nitrogens is 2. The molecule has 0 amide bonds. The molecule has 7 nitrogen and oxygen atoms in total. The fourth-order valence-corrected chi connectivity index (χ4v) is 4.52. The zero-order valence-electron chi connectivity index (χ0n) is 14.6. The number of rotatable bonds is 6. The van der Waals surface area contributed by atoms with E-state index in [-0.39, 0.29) is 5.56 Å². The zero-order valence-corrected chi connectivity index (χ0v) is 15.4. The lowest BCUT2D eigenvalue weighted by molar-refractivity contribution is 0.0695. The van der Waals surface area contributed by atoms with Crippen LogP contribution < -0.4 is 0 Å². The summed E-state index contributed by atoms with van der Waals surface area (Å²) in [4.78, 5) is 19.6. The zero-order chi connectivity index (χ0) is 18.7. The summed E-state index contributed by atoms with van der Waals surface area (Å²) >= 11 is 0. The molecule has 1 aromatic carbocycles. The van der Waals surface area contributed by atoms with Crippen LogP contribution >= 0.6 is 0 Å². The Hall–Kier alpha value is -2.32. The van der Waals surface area contributed by atoms with Crippen molar-refractivity contribution < 1.29 is 18.3 Å². The van der Waals surface area contributed by atoms with Crippen molar-refractivity contribution in [1.29, 1.82) is 0 Å². The predicted molar refractivity (Wildman–Crippen MR) is 95.6 cm³/mol. The number of carboxylic acids is 1. The van der Waals surface area contributed by atoms with Crippen molar-refractivity contribution in [1.82, 2.24) is 14.3 Å². The van der Waals surface area contributed by atoms with Gasteiger partial charge in [-0.2, -0.15) is 4.31 Å². The molecule has 0 radical (unpaired) electrons. The second kappa shape index (κ2) is 7.51. The summed E-state index contributed by atoms with van der Waals surface area (Å²) in [6.45, 7) is 2.83. The number of carbonyl (C=O) groups is 1. The molecule has 8 heteroatoms. The molecule has 0 atom stereocenters. The van der Waals surface area contributed by atoms with Gasteiger partial charge in [0.25, 0.3) is 0 Å². The first kappa shape index (κ1) is 18.5. The van der Waals surface area contributed by atoms with Gasteiger partial charge in [0.2, 0.25) is 10.0 Å². The van der Waals surface area contributed by atoms with Crippen molar-refractivity contribution in [2.24, 2.45) is 0 Å². The Bertz CT molecular complexity index is 905. The fraction of sp³-hybridized carbons (Fsp3) is 0.389. The molecule has 0 unspecified atom stereocenters. The van der Waals surface area contributed by atoms with Gasteiger partial charge < -0.3 is 5.11 Å². The molecule has 0 aliphatic carbocycles. The highest BCUT2D eigenvalue weighted by molar-refractivity contribution is 7.89. The van der Waals surface area contributed by atoms with E-state index >= 15 is 0 Å². The van der Waals surface area contributed by atoms with E-state index in [2.05, 4.69) is 9.97 Å². The van der Waals surface area contributed by atoms with Gasteiger partial charge in [-0.1, -0.05) is 12.1 Å². The predicted octanol–water partition coefficient (Wildman–Crippen LogP) is 2.05. The SMILES string of the molecule is Cc1nc(CCc2ccc(S(=O)(=O)N3CCCC3)cc2)ncc1C(=O)O. The highest BCUT2D eigenvalue weighted by Gasteiger charge is 2.26. The molecular weight excluding hydrogens is 354 g/mol. The topological polar surface area (TPSA) is 100 Å². The van der Waals surface area contributed by atoms with E-state index in [4.69, 9.17) is 5.11 Å². The van der Waals surface area contributed by atoms with E-state index < -0.39 is 16.0 Å². The summed E-state index contributed by atoms with van der Waals surface area (Å²) in [6, 6.07) is 6.90. The van der Waals surface area contributed by atoms with Gasteiger partial charge in [-0.3, -0.25) is 0 Å². The Kier molecular flexibility index (Phi) is 5.33. The number of aryl methyl sites for hydroxylation is 3. The average Bonchev–Trinajstić information content (AvgIpc) is 3.15. The van der Waals surface area contributed by atoms with E-state index in [9.17, 15) is 13.2 Å². The maximum atomic E-state index is 12.5. The van der Waals surface area contributed by atoms with Gasteiger partial charge in [-0.05, 0) is 43.9 Å². The number of nitrogens with zero attached hydrogens (tertiary/aromatic N) is 3. The number of hydrogen-bond donors (Lipinski definition) is 1. The van der Waals surface area contributed by atoms with E-state index in [1.807, 2.05) is 0 Å². The molecule has 26 heavy (non-hydrogen) atoms. The van der Waals surface area contributed by atoms with Gasteiger partial charge >= 0.3 is 5.97 Å². The minimum atomic E-state index is -3.39. The van der Waals surface area contributed by atoms with Crippen LogP contribution in [-0.4, -0.2) is 46.9 Å². The van der Waals surface area contributed by atoms with Crippen LogP contribution in [-0.2, 0) is 22.9 Å². The van der Waals surface area contributed by atoms with E-state index in [1.165, 1.54) is 10.5 Å². The first-order valence-electron chi connectivity index (χ1n) is 8.53. The highest BCUT2D eigenvalue weighted by atomic mass is 32.2. The molecule has 1 aromatic heterocycles. The molecule has 1 aliphatic heterocycles. The third-order valence-electron chi connectivity index (χ3n) is 4.52. The number of sulfonamides is 1. The maximum Gasteiger partial charge on any atom is 0.339 e. The lowest BCUT2D eigenvalue weighted by Crippen LogP contribution is -2.27. The summed E-state index contributed by atoms with van der Waals surface area (Å²) in [6.07, 6.45) is 4.36. The first-order valence-corrected chi connectivity index (χ1v) is 9.97. The van der Waals surface area contributed by atoms with E-state index in [0.29, 0.717) is 42.3 Å². The van der Waals surface area contributed by atoms with Gasteiger partial charge in [-0.25, -0.2) is 23.2 Å². The van der Waals surface area contributed by atoms with Gasteiger partial charge in [0.15, 0.2) is 0 Å². The van der Waals surface area contributed by atoms with Crippen LogP contribution in [0.3, 0.4) is 0 Å². The third-order valence-corrected chi connectivity index (χ3v) is 6.44. The maximum absolute atomic E-state index is 12.5. The van der Waals surface area contributed by atoms with Crippen molar-refractivity contribution in [2.75, 3.05) is 13.1 Å². The third kappa shape index (κ3) is 3.91. The molecule has 2 aromatic rings. The molecule has 1 N–H and O–H groups in total.